The Morgan fingerprint density at radius 2 is 1.79 bits per heavy atom. The number of ether oxygens (including phenoxy) is 1. The number of halogens is 1. The summed E-state index contributed by atoms with van der Waals surface area (Å²) in [6.07, 6.45) is 1.49. The van der Waals surface area contributed by atoms with E-state index in [4.69, 9.17) is 4.74 Å². The number of esters is 1. The van der Waals surface area contributed by atoms with E-state index in [2.05, 4.69) is 10.2 Å². The predicted molar refractivity (Wildman–Crippen MR) is 105 cm³/mol. The third-order valence-electron chi connectivity index (χ3n) is 4.96. The summed E-state index contributed by atoms with van der Waals surface area (Å²) < 4.78 is 18.1. The Hall–Kier alpha value is -2.73. The normalized spacial score (nSPS) is 15.2. The van der Waals surface area contributed by atoms with Gasteiger partial charge in [-0.3, -0.25) is 9.69 Å². The number of para-hydroxylation sites is 1. The number of amides is 1. The first kappa shape index (κ1) is 20.0. The molecule has 2 aromatic carbocycles. The number of nitrogens with zero attached hydrogens (tertiary/aromatic N) is 1. The second-order valence-corrected chi connectivity index (χ2v) is 6.93. The number of piperidine rings is 1. The summed E-state index contributed by atoms with van der Waals surface area (Å²) in [5.41, 5.74) is 1.92. The zero-order valence-corrected chi connectivity index (χ0v) is 16.0. The molecule has 0 radical (unpaired) electrons. The largest absolute Gasteiger partial charge is 0.462 e. The van der Waals surface area contributed by atoms with Crippen LogP contribution < -0.4 is 5.32 Å². The summed E-state index contributed by atoms with van der Waals surface area (Å²) in [5, 5.41) is 2.89. The number of hydrogen-bond acceptors (Lipinski definition) is 4. The molecule has 3 rings (SSSR count). The highest BCUT2D eigenvalue weighted by molar-refractivity contribution is 6.01. The lowest BCUT2D eigenvalue weighted by Gasteiger charge is -2.31. The number of carbonyl (C=O) groups excluding carboxylic acids is 2. The van der Waals surface area contributed by atoms with Gasteiger partial charge < -0.3 is 10.1 Å². The molecule has 1 fully saturated rings. The van der Waals surface area contributed by atoms with Crippen LogP contribution in [0.25, 0.3) is 0 Å². The minimum atomic E-state index is -0.437. The van der Waals surface area contributed by atoms with Crippen molar-refractivity contribution in [3.8, 4) is 0 Å². The first-order valence-corrected chi connectivity index (χ1v) is 9.60. The van der Waals surface area contributed by atoms with E-state index < -0.39 is 5.97 Å². The maximum atomic E-state index is 13.0. The van der Waals surface area contributed by atoms with Crippen LogP contribution in [0.2, 0.25) is 0 Å². The summed E-state index contributed by atoms with van der Waals surface area (Å²) >= 11 is 0. The van der Waals surface area contributed by atoms with Crippen molar-refractivity contribution in [1.82, 2.24) is 4.90 Å². The van der Waals surface area contributed by atoms with Crippen LogP contribution in [-0.4, -0.2) is 36.5 Å². The molecule has 0 atom stereocenters. The maximum Gasteiger partial charge on any atom is 0.340 e. The lowest BCUT2D eigenvalue weighted by atomic mass is 9.95. The van der Waals surface area contributed by atoms with Crippen LogP contribution in [0.3, 0.4) is 0 Å². The molecule has 1 heterocycles. The van der Waals surface area contributed by atoms with Crippen LogP contribution in [0, 0.1) is 11.7 Å². The average Bonchev–Trinajstić information content (AvgIpc) is 2.71. The molecule has 1 N–H and O–H groups in total. The fourth-order valence-corrected chi connectivity index (χ4v) is 3.42. The van der Waals surface area contributed by atoms with Gasteiger partial charge in [-0.1, -0.05) is 24.3 Å². The molecule has 0 spiro atoms. The first-order chi connectivity index (χ1) is 13.6. The molecule has 0 saturated carbocycles. The molecule has 0 aromatic heterocycles. The summed E-state index contributed by atoms with van der Waals surface area (Å²) in [6.45, 7) is 4.39. The molecule has 5 nitrogen and oxygen atoms in total. The smallest absolute Gasteiger partial charge is 0.340 e. The highest BCUT2D eigenvalue weighted by atomic mass is 19.1. The van der Waals surface area contributed by atoms with Gasteiger partial charge in [0.25, 0.3) is 0 Å². The second-order valence-electron chi connectivity index (χ2n) is 6.93. The van der Waals surface area contributed by atoms with Crippen molar-refractivity contribution >= 4 is 17.6 Å². The van der Waals surface area contributed by atoms with Gasteiger partial charge in [0.15, 0.2) is 0 Å². The van der Waals surface area contributed by atoms with Gasteiger partial charge in [0, 0.05) is 12.5 Å². The Kier molecular flexibility index (Phi) is 6.76. The number of hydrogen-bond donors (Lipinski definition) is 1. The Labute approximate surface area is 164 Å². The number of benzene rings is 2. The molecule has 1 amide bonds. The van der Waals surface area contributed by atoms with Crippen LogP contribution >= 0.6 is 0 Å². The first-order valence-electron chi connectivity index (χ1n) is 9.60. The van der Waals surface area contributed by atoms with E-state index in [1.165, 1.54) is 12.1 Å². The Balaban J connectivity index is 1.54. The Morgan fingerprint density at radius 1 is 1.11 bits per heavy atom. The third kappa shape index (κ3) is 5.16. The van der Waals surface area contributed by atoms with Gasteiger partial charge in [-0.25, -0.2) is 9.18 Å². The van der Waals surface area contributed by atoms with Gasteiger partial charge in [0.2, 0.25) is 5.91 Å². The van der Waals surface area contributed by atoms with Crippen molar-refractivity contribution in [3.05, 3.63) is 65.5 Å². The van der Waals surface area contributed by atoms with E-state index in [9.17, 15) is 14.0 Å². The minimum Gasteiger partial charge on any atom is -0.462 e. The molecule has 1 saturated heterocycles. The highest BCUT2D eigenvalue weighted by Gasteiger charge is 2.26. The monoisotopic (exact) mass is 384 g/mol. The van der Waals surface area contributed by atoms with Gasteiger partial charge in [-0.15, -0.1) is 0 Å². The van der Waals surface area contributed by atoms with Crippen LogP contribution in [-0.2, 0) is 16.1 Å². The molecular weight excluding hydrogens is 359 g/mol. The number of rotatable bonds is 6. The van der Waals surface area contributed by atoms with Crippen molar-refractivity contribution in [2.24, 2.45) is 5.92 Å². The van der Waals surface area contributed by atoms with Crippen molar-refractivity contribution in [2.45, 2.75) is 26.3 Å². The van der Waals surface area contributed by atoms with Crippen LogP contribution in [0.15, 0.2) is 48.5 Å². The summed E-state index contributed by atoms with van der Waals surface area (Å²) in [5.74, 6) is -0.840. The van der Waals surface area contributed by atoms with E-state index in [0.717, 1.165) is 38.0 Å². The van der Waals surface area contributed by atoms with E-state index in [0.29, 0.717) is 11.3 Å². The van der Waals surface area contributed by atoms with E-state index in [1.807, 2.05) is 0 Å². The third-order valence-corrected chi connectivity index (χ3v) is 4.96. The quantitative estimate of drug-likeness (QED) is 0.769. The standard InChI is InChI=1S/C22H25FN2O3/c1-2-28-22(27)19-5-3-4-6-20(19)24-21(26)17-11-13-25(14-12-17)15-16-7-9-18(23)10-8-16/h3-10,17H,2,11-15H2,1H3,(H,24,26). The van der Waals surface area contributed by atoms with Crippen molar-refractivity contribution in [2.75, 3.05) is 25.0 Å². The van der Waals surface area contributed by atoms with E-state index in [1.54, 1.807) is 43.3 Å². The van der Waals surface area contributed by atoms with E-state index >= 15 is 0 Å². The number of anilines is 1. The van der Waals surface area contributed by atoms with Gasteiger partial charge >= 0.3 is 5.97 Å². The lowest BCUT2D eigenvalue weighted by Crippen LogP contribution is -2.37. The topological polar surface area (TPSA) is 58.6 Å². The molecule has 0 bridgehead atoms. The number of likely N-dealkylation sites (tertiary alicyclic amines) is 1. The minimum absolute atomic E-state index is 0.0711. The Morgan fingerprint density at radius 3 is 2.46 bits per heavy atom. The summed E-state index contributed by atoms with van der Waals surface area (Å²) in [4.78, 5) is 27.0. The lowest BCUT2D eigenvalue weighted by molar-refractivity contribution is -0.121. The number of nitrogens with one attached hydrogen (secondary N) is 1. The molecular formula is C22H25FN2O3. The number of carbonyl (C=O) groups is 2. The SMILES string of the molecule is CCOC(=O)c1ccccc1NC(=O)C1CCN(Cc2ccc(F)cc2)CC1. The van der Waals surface area contributed by atoms with Crippen molar-refractivity contribution in [3.63, 3.8) is 0 Å². The van der Waals surface area contributed by atoms with Gasteiger partial charge in [0.1, 0.15) is 5.82 Å². The molecule has 1 aliphatic rings. The molecule has 148 valence electrons. The van der Waals surface area contributed by atoms with Gasteiger partial charge in [-0.2, -0.15) is 0 Å². The second kappa shape index (κ2) is 9.46. The van der Waals surface area contributed by atoms with Crippen LogP contribution in [0.1, 0.15) is 35.7 Å². The molecule has 2 aromatic rings. The molecule has 0 unspecified atom stereocenters. The summed E-state index contributed by atoms with van der Waals surface area (Å²) in [6, 6.07) is 13.4. The van der Waals surface area contributed by atoms with Crippen molar-refractivity contribution in [1.29, 1.82) is 0 Å². The average molecular weight is 384 g/mol. The highest BCUT2D eigenvalue weighted by Crippen LogP contribution is 2.23. The molecule has 0 aliphatic carbocycles. The summed E-state index contributed by atoms with van der Waals surface area (Å²) in [7, 11) is 0. The molecule has 28 heavy (non-hydrogen) atoms. The maximum absolute atomic E-state index is 13.0. The molecule has 6 heteroatoms. The Bertz CT molecular complexity index is 815. The zero-order chi connectivity index (χ0) is 19.9. The van der Waals surface area contributed by atoms with Crippen LogP contribution in [0.5, 0.6) is 0 Å². The van der Waals surface area contributed by atoms with Crippen molar-refractivity contribution < 1.29 is 18.7 Å². The fourth-order valence-electron chi connectivity index (χ4n) is 3.42. The van der Waals surface area contributed by atoms with Crippen LogP contribution in [0.4, 0.5) is 10.1 Å². The fraction of sp³-hybridized carbons (Fsp3) is 0.364. The van der Waals surface area contributed by atoms with Gasteiger partial charge in [0.05, 0.1) is 17.9 Å². The molecule has 1 aliphatic heterocycles. The predicted octanol–water partition coefficient (Wildman–Crippen LogP) is 3.85. The van der Waals surface area contributed by atoms with Gasteiger partial charge in [-0.05, 0) is 62.7 Å². The van der Waals surface area contributed by atoms with E-state index in [-0.39, 0.29) is 24.2 Å². The zero-order valence-electron chi connectivity index (χ0n) is 16.0.